The number of aryl methyl sites for hydroxylation is 1. The zero-order chi connectivity index (χ0) is 32.5. The molecule has 2 aliphatic heterocycles. The number of amides is 2. The molecule has 2 aromatic rings. The Kier molecular flexibility index (Phi) is 9.55. The summed E-state index contributed by atoms with van der Waals surface area (Å²) in [6.07, 6.45) is 6.21. The predicted octanol–water partition coefficient (Wildman–Crippen LogP) is 5.16. The number of rotatable bonds is 3. The molecular weight excluding hydrogens is 576 g/mol. The number of benzene rings is 1. The second kappa shape index (κ2) is 13.2. The number of aromatic nitrogens is 2. The molecule has 2 fully saturated rings. The van der Waals surface area contributed by atoms with Crippen LogP contribution in [0, 0.1) is 23.2 Å². The first-order chi connectivity index (χ1) is 21.4. The fraction of sp³-hybridized carbons (Fsp3) is 0.618. The standard InChI is InChI=1S/C34H46N4O7/c1-7-20-15-21-11-9-8-10-12-24-30(36-25-17-22(43-6)13-14-23(25)35-24)44-27-18-38(28(19(27)2)32(40)41)31(39)29(34(3,4)5)37-33(42)45-26(21)16-20/h7,13-14,17,19-21,26-29H,1,8-12,15-16,18H2,2-6H3,(H,37,42)(H,40,41)/t19-,20-,21-,26-,27+,28+,29-/m1/s1. The van der Waals surface area contributed by atoms with Gasteiger partial charge in [-0.15, -0.1) is 6.58 Å². The fourth-order valence-corrected chi connectivity index (χ4v) is 7.02. The molecule has 2 N–H and O–H groups in total. The zero-order valence-corrected chi connectivity index (χ0v) is 27.0. The van der Waals surface area contributed by atoms with Crippen LogP contribution in [-0.2, 0) is 20.7 Å². The molecule has 1 saturated carbocycles. The molecule has 45 heavy (non-hydrogen) atoms. The molecule has 244 valence electrons. The number of alkyl carbamates (subject to hydrolysis) is 1. The summed E-state index contributed by atoms with van der Waals surface area (Å²) in [6, 6.07) is 3.32. The minimum absolute atomic E-state index is 0.0171. The topological polar surface area (TPSA) is 140 Å². The molecule has 0 radical (unpaired) electrons. The van der Waals surface area contributed by atoms with Gasteiger partial charge in [0, 0.05) is 12.0 Å². The molecule has 1 aromatic carbocycles. The Labute approximate surface area is 264 Å². The van der Waals surface area contributed by atoms with E-state index < -0.39 is 47.5 Å². The molecule has 11 nitrogen and oxygen atoms in total. The van der Waals surface area contributed by atoms with Crippen LogP contribution in [0.4, 0.5) is 4.79 Å². The summed E-state index contributed by atoms with van der Waals surface area (Å²) in [5.41, 5.74) is 1.29. The highest BCUT2D eigenvalue weighted by atomic mass is 16.6. The van der Waals surface area contributed by atoms with Crippen molar-refractivity contribution < 1.29 is 33.7 Å². The number of nitrogens with one attached hydrogen (secondary N) is 1. The van der Waals surface area contributed by atoms with Gasteiger partial charge in [0.2, 0.25) is 11.8 Å². The minimum Gasteiger partial charge on any atom is -0.497 e. The average molecular weight is 623 g/mol. The number of aliphatic carboxylic acids is 1. The van der Waals surface area contributed by atoms with Crippen molar-refractivity contribution >= 4 is 29.0 Å². The Morgan fingerprint density at radius 1 is 1.11 bits per heavy atom. The number of methoxy groups -OCH3 is 1. The first-order valence-corrected chi connectivity index (χ1v) is 16.0. The minimum atomic E-state index is -1.16. The number of carboxylic acids is 1. The number of hydrogen-bond acceptors (Lipinski definition) is 8. The van der Waals surface area contributed by atoms with Crippen molar-refractivity contribution in [2.24, 2.45) is 23.2 Å². The van der Waals surface area contributed by atoms with E-state index in [-0.39, 0.29) is 24.5 Å². The van der Waals surface area contributed by atoms with E-state index in [0.29, 0.717) is 41.2 Å². The second-order valence-electron chi connectivity index (χ2n) is 13.8. The number of nitrogens with zero attached hydrogens (tertiary/aromatic N) is 3. The van der Waals surface area contributed by atoms with Gasteiger partial charge in [0.15, 0.2) is 0 Å². The van der Waals surface area contributed by atoms with Gasteiger partial charge in [-0.3, -0.25) is 4.79 Å². The molecular formula is C34H46N4O7. The number of allylic oxidation sites excluding steroid dienone is 1. The lowest BCUT2D eigenvalue weighted by atomic mass is 9.85. The zero-order valence-electron chi connectivity index (χ0n) is 27.0. The lowest BCUT2D eigenvalue weighted by Gasteiger charge is -2.35. The molecule has 3 heterocycles. The molecule has 2 bridgehead atoms. The van der Waals surface area contributed by atoms with Crippen LogP contribution in [0.3, 0.4) is 0 Å². The van der Waals surface area contributed by atoms with E-state index in [4.69, 9.17) is 24.2 Å². The molecule has 5 rings (SSSR count). The number of carbonyl (C=O) groups is 3. The quantitative estimate of drug-likeness (QED) is 0.445. The van der Waals surface area contributed by atoms with Gasteiger partial charge in [0.1, 0.15) is 35.7 Å². The van der Waals surface area contributed by atoms with Crippen LogP contribution in [0.2, 0.25) is 0 Å². The normalized spacial score (nSPS) is 29.8. The number of fused-ring (bicyclic) bond motifs is 5. The first-order valence-electron chi connectivity index (χ1n) is 16.0. The summed E-state index contributed by atoms with van der Waals surface area (Å²) >= 11 is 0. The van der Waals surface area contributed by atoms with Gasteiger partial charge in [-0.1, -0.05) is 46.6 Å². The summed E-state index contributed by atoms with van der Waals surface area (Å²) in [4.78, 5) is 51.1. The SMILES string of the molecule is C=C[C@@H]1C[C@H]2CCCCCc3nc4ccc(OC)cc4nc3O[C@H]3CN(C(=O)[C@H](C(C)(C)C)NC(=O)O[C@@H]2C1)[C@H](C(=O)O)[C@@H]3C. The second-order valence-corrected chi connectivity index (χ2v) is 13.8. The molecule has 3 aliphatic rings. The van der Waals surface area contributed by atoms with Gasteiger partial charge < -0.3 is 29.5 Å². The molecule has 0 spiro atoms. The van der Waals surface area contributed by atoms with E-state index in [1.807, 2.05) is 39.0 Å². The molecule has 0 unspecified atom stereocenters. The van der Waals surface area contributed by atoms with Crippen molar-refractivity contribution in [3.63, 3.8) is 0 Å². The van der Waals surface area contributed by atoms with E-state index >= 15 is 0 Å². The Balaban J connectivity index is 1.52. The summed E-state index contributed by atoms with van der Waals surface area (Å²) < 4.78 is 17.8. The van der Waals surface area contributed by atoms with Crippen LogP contribution in [-0.4, -0.2) is 75.9 Å². The van der Waals surface area contributed by atoms with Crippen LogP contribution in [0.25, 0.3) is 11.0 Å². The lowest BCUT2D eigenvalue weighted by molar-refractivity contribution is -0.151. The van der Waals surface area contributed by atoms with E-state index in [2.05, 4.69) is 11.9 Å². The summed E-state index contributed by atoms with van der Waals surface area (Å²) in [6.45, 7) is 11.3. The van der Waals surface area contributed by atoms with E-state index in [1.165, 1.54) is 4.90 Å². The molecule has 11 heteroatoms. The Hall–Kier alpha value is -3.89. The molecule has 7 atom stereocenters. The third-order valence-electron chi connectivity index (χ3n) is 9.62. The maximum Gasteiger partial charge on any atom is 0.408 e. The van der Waals surface area contributed by atoms with Crippen LogP contribution < -0.4 is 14.8 Å². The smallest absolute Gasteiger partial charge is 0.408 e. The monoisotopic (exact) mass is 622 g/mol. The van der Waals surface area contributed by atoms with E-state index in [9.17, 15) is 19.5 Å². The van der Waals surface area contributed by atoms with Gasteiger partial charge in [0.25, 0.3) is 0 Å². The van der Waals surface area contributed by atoms with Gasteiger partial charge in [-0.25, -0.2) is 19.6 Å². The molecule has 2 amide bonds. The Morgan fingerprint density at radius 3 is 2.58 bits per heavy atom. The number of ether oxygens (including phenoxy) is 3. The largest absolute Gasteiger partial charge is 0.497 e. The van der Waals surface area contributed by atoms with Crippen LogP contribution >= 0.6 is 0 Å². The van der Waals surface area contributed by atoms with Crippen LogP contribution in [0.5, 0.6) is 11.6 Å². The van der Waals surface area contributed by atoms with Crippen molar-refractivity contribution in [3.05, 3.63) is 36.5 Å². The summed E-state index contributed by atoms with van der Waals surface area (Å²) in [5.74, 6) is -0.774. The highest BCUT2D eigenvalue weighted by molar-refractivity contribution is 5.90. The van der Waals surface area contributed by atoms with Crippen LogP contribution in [0.15, 0.2) is 30.9 Å². The average Bonchev–Trinajstić information content (AvgIpc) is 3.53. The van der Waals surface area contributed by atoms with Crippen LogP contribution in [0.1, 0.15) is 71.9 Å². The summed E-state index contributed by atoms with van der Waals surface area (Å²) in [5, 5.41) is 13.1. The highest BCUT2D eigenvalue weighted by Gasteiger charge is 2.50. The van der Waals surface area contributed by atoms with E-state index in [0.717, 1.165) is 32.1 Å². The van der Waals surface area contributed by atoms with Crippen molar-refractivity contribution in [2.45, 2.75) is 96.9 Å². The first kappa shape index (κ1) is 32.5. The van der Waals surface area contributed by atoms with Crippen molar-refractivity contribution in [3.8, 4) is 11.6 Å². The molecule has 1 aromatic heterocycles. The number of carboxylic acid groups (broad SMARTS) is 1. The lowest BCUT2D eigenvalue weighted by Crippen LogP contribution is -2.57. The van der Waals surface area contributed by atoms with Gasteiger partial charge in [-0.05, 0) is 61.5 Å². The van der Waals surface area contributed by atoms with Gasteiger partial charge >= 0.3 is 12.1 Å². The Morgan fingerprint density at radius 2 is 1.89 bits per heavy atom. The van der Waals surface area contributed by atoms with Crippen molar-refractivity contribution in [2.75, 3.05) is 13.7 Å². The summed E-state index contributed by atoms with van der Waals surface area (Å²) in [7, 11) is 1.59. The third kappa shape index (κ3) is 7.02. The van der Waals surface area contributed by atoms with Crippen molar-refractivity contribution in [1.82, 2.24) is 20.2 Å². The maximum atomic E-state index is 14.1. The Bertz CT molecular complexity index is 1440. The number of hydrogen-bond donors (Lipinski definition) is 2. The van der Waals surface area contributed by atoms with E-state index in [1.54, 1.807) is 20.1 Å². The maximum absolute atomic E-state index is 14.1. The van der Waals surface area contributed by atoms with Gasteiger partial charge in [-0.2, -0.15) is 0 Å². The van der Waals surface area contributed by atoms with Crippen molar-refractivity contribution in [1.29, 1.82) is 0 Å². The highest BCUT2D eigenvalue weighted by Crippen LogP contribution is 2.38. The molecule has 1 saturated heterocycles. The fourth-order valence-electron chi connectivity index (χ4n) is 7.02. The predicted molar refractivity (Wildman–Crippen MR) is 168 cm³/mol. The third-order valence-corrected chi connectivity index (χ3v) is 9.62. The number of carbonyl (C=O) groups excluding carboxylic acids is 2. The van der Waals surface area contributed by atoms with Gasteiger partial charge in [0.05, 0.1) is 24.7 Å². The molecule has 1 aliphatic carbocycles.